The summed E-state index contributed by atoms with van der Waals surface area (Å²) in [7, 11) is 0. The third-order valence-electron chi connectivity index (χ3n) is 2.53. The van der Waals surface area contributed by atoms with Gasteiger partial charge in [-0.05, 0) is 49.1 Å². The Morgan fingerprint density at radius 2 is 2.11 bits per heavy atom. The first-order valence-electron chi connectivity index (χ1n) is 6.01. The molecule has 0 aliphatic carbocycles. The summed E-state index contributed by atoms with van der Waals surface area (Å²) in [5.41, 5.74) is 4.06. The van der Waals surface area contributed by atoms with Crippen molar-refractivity contribution in [3.63, 3.8) is 0 Å². The highest BCUT2D eigenvalue weighted by Crippen LogP contribution is 2.25. The molecule has 0 atom stereocenters. The van der Waals surface area contributed by atoms with Gasteiger partial charge in [0.2, 0.25) is 0 Å². The van der Waals surface area contributed by atoms with E-state index in [0.717, 1.165) is 22.3 Å². The molecule has 1 aromatic rings. The van der Waals surface area contributed by atoms with Gasteiger partial charge in [0.1, 0.15) is 5.75 Å². The molecule has 0 radical (unpaired) electrons. The molecule has 1 nitrogen and oxygen atoms in total. The summed E-state index contributed by atoms with van der Waals surface area (Å²) in [6, 6.07) is 5.63. The summed E-state index contributed by atoms with van der Waals surface area (Å²) in [6.07, 6.45) is 8.52. The molecule has 1 heteroatoms. The molecule has 1 rings (SSSR count). The lowest BCUT2D eigenvalue weighted by atomic mass is 9.99. The van der Waals surface area contributed by atoms with Gasteiger partial charge >= 0.3 is 0 Å². The molecule has 0 aromatic heterocycles. The average Bonchev–Trinajstić information content (AvgIpc) is 2.31. The van der Waals surface area contributed by atoms with Crippen LogP contribution in [0.1, 0.15) is 25.0 Å². The van der Waals surface area contributed by atoms with E-state index < -0.39 is 0 Å². The second kappa shape index (κ2) is 6.65. The Hall–Kier alpha value is -2.02. The third kappa shape index (κ3) is 3.77. The van der Waals surface area contributed by atoms with Crippen LogP contribution in [-0.4, -0.2) is 5.11 Å². The highest BCUT2D eigenvalue weighted by molar-refractivity contribution is 5.76. The van der Waals surface area contributed by atoms with Gasteiger partial charge in [0, 0.05) is 0 Å². The zero-order valence-corrected chi connectivity index (χ0v) is 11.1. The molecule has 0 fully saturated rings. The van der Waals surface area contributed by atoms with Gasteiger partial charge in [0.15, 0.2) is 0 Å². The molecule has 18 heavy (non-hydrogen) atoms. The van der Waals surface area contributed by atoms with E-state index in [-0.39, 0.29) is 0 Å². The van der Waals surface area contributed by atoms with E-state index in [1.165, 1.54) is 0 Å². The van der Waals surface area contributed by atoms with Gasteiger partial charge in [0.05, 0.1) is 0 Å². The molecule has 0 aliphatic rings. The highest BCUT2D eigenvalue weighted by atomic mass is 16.3. The molecular weight excluding hydrogens is 220 g/mol. The zero-order chi connectivity index (χ0) is 13.5. The molecule has 0 heterocycles. The first-order valence-corrected chi connectivity index (χ1v) is 6.01. The summed E-state index contributed by atoms with van der Waals surface area (Å²) in [5, 5.41) is 9.76. The standard InChI is InChI=1S/C17H20O/c1-5-7-14(11-13(3)4)15-9-10-17(18)16(12-15)8-6-2/h5-7,9-12,18H,2-3,8H2,1,4H3/b7-5?,14-11+. The van der Waals surface area contributed by atoms with Crippen LogP contribution in [0, 0.1) is 0 Å². The summed E-state index contributed by atoms with van der Waals surface area (Å²) >= 11 is 0. The minimum Gasteiger partial charge on any atom is -0.508 e. The van der Waals surface area contributed by atoms with E-state index in [1.807, 2.05) is 44.2 Å². The molecule has 0 bridgehead atoms. The minimum atomic E-state index is 0.314. The number of phenolic OH excluding ortho intramolecular Hbond substituents is 1. The van der Waals surface area contributed by atoms with Crippen LogP contribution in [0.4, 0.5) is 0 Å². The Labute approximate surface area is 109 Å². The molecule has 0 amide bonds. The number of phenols is 1. The van der Waals surface area contributed by atoms with Crippen LogP contribution < -0.4 is 0 Å². The van der Waals surface area contributed by atoms with Crippen molar-refractivity contribution in [1.29, 1.82) is 0 Å². The fourth-order valence-electron chi connectivity index (χ4n) is 1.76. The zero-order valence-electron chi connectivity index (χ0n) is 11.1. The van der Waals surface area contributed by atoms with Gasteiger partial charge in [-0.1, -0.05) is 42.5 Å². The first-order chi connectivity index (χ1) is 8.58. The van der Waals surface area contributed by atoms with Gasteiger partial charge in [-0.15, -0.1) is 6.58 Å². The Morgan fingerprint density at radius 1 is 1.39 bits per heavy atom. The fourth-order valence-corrected chi connectivity index (χ4v) is 1.76. The monoisotopic (exact) mass is 240 g/mol. The largest absolute Gasteiger partial charge is 0.508 e. The van der Waals surface area contributed by atoms with Crippen molar-refractivity contribution < 1.29 is 5.11 Å². The van der Waals surface area contributed by atoms with Crippen LogP contribution in [0.25, 0.3) is 5.57 Å². The van der Waals surface area contributed by atoms with Gasteiger partial charge < -0.3 is 5.11 Å². The number of aromatic hydroxyl groups is 1. The molecule has 0 unspecified atom stereocenters. The lowest BCUT2D eigenvalue weighted by Crippen LogP contribution is -1.88. The Bertz CT molecular complexity index is 504. The number of allylic oxidation sites excluding steroid dienone is 6. The molecule has 0 aliphatic heterocycles. The summed E-state index contributed by atoms with van der Waals surface area (Å²) in [4.78, 5) is 0. The third-order valence-corrected chi connectivity index (χ3v) is 2.53. The van der Waals surface area contributed by atoms with Crippen molar-refractivity contribution in [2.75, 3.05) is 0 Å². The van der Waals surface area contributed by atoms with Gasteiger partial charge in [-0.2, -0.15) is 0 Å². The van der Waals surface area contributed by atoms with E-state index in [4.69, 9.17) is 0 Å². The fraction of sp³-hybridized carbons (Fsp3) is 0.176. The molecule has 1 aromatic carbocycles. The van der Waals surface area contributed by atoms with Crippen LogP contribution in [-0.2, 0) is 6.42 Å². The topological polar surface area (TPSA) is 20.2 Å². The first kappa shape index (κ1) is 14.0. The lowest BCUT2D eigenvalue weighted by Gasteiger charge is -2.08. The van der Waals surface area contributed by atoms with Crippen molar-refractivity contribution in [3.05, 3.63) is 72.4 Å². The molecule has 1 N–H and O–H groups in total. The maximum absolute atomic E-state index is 9.76. The van der Waals surface area contributed by atoms with Crippen molar-refractivity contribution in [2.24, 2.45) is 0 Å². The predicted molar refractivity (Wildman–Crippen MR) is 79.6 cm³/mol. The molecule has 0 saturated carbocycles. The van der Waals surface area contributed by atoms with E-state index in [0.29, 0.717) is 12.2 Å². The van der Waals surface area contributed by atoms with Gasteiger partial charge in [-0.3, -0.25) is 0 Å². The lowest BCUT2D eigenvalue weighted by molar-refractivity contribution is 0.469. The van der Waals surface area contributed by atoms with E-state index in [2.05, 4.69) is 13.2 Å². The number of benzene rings is 1. The minimum absolute atomic E-state index is 0.314. The Kier molecular flexibility index (Phi) is 5.19. The molecular formula is C17H20O. The predicted octanol–water partition coefficient (Wildman–Crippen LogP) is 4.66. The number of hydrogen-bond donors (Lipinski definition) is 1. The second-order valence-electron chi connectivity index (χ2n) is 4.28. The smallest absolute Gasteiger partial charge is 0.119 e. The second-order valence-corrected chi connectivity index (χ2v) is 4.28. The average molecular weight is 240 g/mol. The van der Waals surface area contributed by atoms with Crippen LogP contribution >= 0.6 is 0 Å². The summed E-state index contributed by atoms with van der Waals surface area (Å²) in [6.45, 7) is 11.6. The van der Waals surface area contributed by atoms with Crippen LogP contribution in [0.2, 0.25) is 0 Å². The normalized spacial score (nSPS) is 11.8. The highest BCUT2D eigenvalue weighted by Gasteiger charge is 2.04. The van der Waals surface area contributed by atoms with Crippen molar-refractivity contribution in [3.8, 4) is 5.75 Å². The van der Waals surface area contributed by atoms with Gasteiger partial charge in [0.25, 0.3) is 0 Å². The molecule has 0 saturated heterocycles. The maximum Gasteiger partial charge on any atom is 0.119 e. The van der Waals surface area contributed by atoms with E-state index >= 15 is 0 Å². The Balaban J connectivity index is 3.25. The van der Waals surface area contributed by atoms with Crippen LogP contribution in [0.3, 0.4) is 0 Å². The van der Waals surface area contributed by atoms with E-state index in [1.54, 1.807) is 12.1 Å². The molecule has 94 valence electrons. The van der Waals surface area contributed by atoms with Crippen LogP contribution in [0.5, 0.6) is 5.75 Å². The SMILES string of the molecule is C=CCc1cc(/C(C=CC)=C/C(=C)C)ccc1O. The quantitative estimate of drug-likeness (QED) is 0.586. The van der Waals surface area contributed by atoms with E-state index in [9.17, 15) is 5.11 Å². The van der Waals surface area contributed by atoms with Crippen molar-refractivity contribution in [1.82, 2.24) is 0 Å². The van der Waals surface area contributed by atoms with Crippen molar-refractivity contribution >= 4 is 5.57 Å². The van der Waals surface area contributed by atoms with Crippen molar-refractivity contribution in [2.45, 2.75) is 20.3 Å². The Morgan fingerprint density at radius 3 is 2.67 bits per heavy atom. The summed E-state index contributed by atoms with van der Waals surface area (Å²) in [5.74, 6) is 0.314. The number of rotatable bonds is 5. The van der Waals surface area contributed by atoms with Gasteiger partial charge in [-0.25, -0.2) is 0 Å². The number of hydrogen-bond acceptors (Lipinski definition) is 1. The van der Waals surface area contributed by atoms with Crippen LogP contribution in [0.15, 0.2) is 61.2 Å². The maximum atomic E-state index is 9.76. The molecule has 0 spiro atoms. The summed E-state index contributed by atoms with van der Waals surface area (Å²) < 4.78 is 0.